The van der Waals surface area contributed by atoms with E-state index in [-0.39, 0.29) is 11.4 Å². The normalized spacial score (nSPS) is 11.5. The van der Waals surface area contributed by atoms with Gasteiger partial charge in [-0.1, -0.05) is 30.3 Å². The van der Waals surface area contributed by atoms with Crippen molar-refractivity contribution in [1.29, 1.82) is 0 Å². The zero-order valence-corrected chi connectivity index (χ0v) is 19.1. The van der Waals surface area contributed by atoms with E-state index in [1.54, 1.807) is 25.1 Å². The molecule has 3 aromatic rings. The van der Waals surface area contributed by atoms with Crippen LogP contribution in [0, 0.1) is 20.2 Å². The molecule has 0 aliphatic heterocycles. The fourth-order valence-corrected chi connectivity index (χ4v) is 4.64. The smallest absolute Gasteiger partial charge is 0.271 e. The molecule has 12 nitrogen and oxygen atoms in total. The van der Waals surface area contributed by atoms with Gasteiger partial charge in [0.05, 0.1) is 21.2 Å². The van der Waals surface area contributed by atoms with Gasteiger partial charge in [0.15, 0.2) is 4.90 Å². The molecule has 0 aromatic heterocycles. The molecule has 1 N–H and O–H groups in total. The molecule has 1 amide bonds. The zero-order chi connectivity index (χ0) is 25.6. The number of carbonyl (C=O) groups excluding carboxylic acids is 1. The third kappa shape index (κ3) is 5.83. The topological polar surface area (TPSA) is 165 Å². The van der Waals surface area contributed by atoms with E-state index in [2.05, 4.69) is 10.5 Å². The Balaban J connectivity index is 1.88. The van der Waals surface area contributed by atoms with Crippen molar-refractivity contribution >= 4 is 38.7 Å². The second-order valence-electron chi connectivity index (χ2n) is 7.11. The first-order chi connectivity index (χ1) is 16.6. The quantitative estimate of drug-likeness (QED) is 0.269. The second-order valence-corrected chi connectivity index (χ2v) is 8.94. The van der Waals surface area contributed by atoms with Gasteiger partial charge in [-0.15, -0.1) is 0 Å². The lowest BCUT2D eigenvalue weighted by atomic mass is 10.1. The number of sulfonamides is 1. The van der Waals surface area contributed by atoms with E-state index in [9.17, 15) is 33.4 Å². The van der Waals surface area contributed by atoms with Crippen LogP contribution in [0.5, 0.6) is 0 Å². The summed E-state index contributed by atoms with van der Waals surface area (Å²) < 4.78 is 27.5. The number of nitro benzene ring substituents is 2. The van der Waals surface area contributed by atoms with Crippen LogP contribution in [0.2, 0.25) is 0 Å². The number of hydrogen-bond acceptors (Lipinski definition) is 8. The minimum atomic E-state index is -4.51. The first kappa shape index (κ1) is 25.0. The highest BCUT2D eigenvalue weighted by Crippen LogP contribution is 2.29. The predicted molar refractivity (Wildman–Crippen MR) is 128 cm³/mol. The minimum Gasteiger partial charge on any atom is -0.271 e. The second kappa shape index (κ2) is 10.5. The molecular weight excluding hydrogens is 478 g/mol. The standard InChI is InChI=1S/C22H19N5O7S/c1-16(17-11-13-19(14-12-17)26(29)30)23-24-22(28)15-25(18-7-3-2-4-8-18)35(33,34)21-10-6-5-9-20(21)27(31)32/h2-14H,15H2,1H3,(H,24,28)/b23-16-. The summed E-state index contributed by atoms with van der Waals surface area (Å²) in [7, 11) is -4.51. The first-order valence-corrected chi connectivity index (χ1v) is 11.4. The third-order valence-electron chi connectivity index (χ3n) is 4.81. The van der Waals surface area contributed by atoms with Gasteiger partial charge in [0.2, 0.25) is 0 Å². The highest BCUT2D eigenvalue weighted by Gasteiger charge is 2.33. The van der Waals surface area contributed by atoms with Crippen LogP contribution in [0.15, 0.2) is 88.9 Å². The minimum absolute atomic E-state index is 0.107. The van der Waals surface area contributed by atoms with E-state index in [1.807, 2.05) is 0 Å². The molecule has 0 spiro atoms. The molecule has 35 heavy (non-hydrogen) atoms. The van der Waals surface area contributed by atoms with E-state index in [0.717, 1.165) is 16.4 Å². The number of amides is 1. The van der Waals surface area contributed by atoms with Crippen molar-refractivity contribution in [3.05, 3.63) is 105 Å². The SMILES string of the molecule is C/C(=N/NC(=O)CN(c1ccccc1)S(=O)(=O)c1ccccc1[N+](=O)[O-])c1ccc([N+](=O)[O-])cc1. The molecule has 180 valence electrons. The number of hydrazone groups is 1. The van der Waals surface area contributed by atoms with E-state index in [0.29, 0.717) is 11.3 Å². The molecule has 0 aliphatic rings. The van der Waals surface area contributed by atoms with Crippen LogP contribution < -0.4 is 9.73 Å². The Labute approximate surface area is 199 Å². The van der Waals surface area contributed by atoms with Gasteiger partial charge in [-0.2, -0.15) is 5.10 Å². The Bertz CT molecular complexity index is 1390. The summed E-state index contributed by atoms with van der Waals surface area (Å²) in [5.41, 5.74) is 2.47. The average Bonchev–Trinajstić information content (AvgIpc) is 2.86. The monoisotopic (exact) mass is 497 g/mol. The van der Waals surface area contributed by atoms with Crippen LogP contribution in [-0.2, 0) is 14.8 Å². The van der Waals surface area contributed by atoms with E-state index >= 15 is 0 Å². The Morgan fingerprint density at radius 1 is 0.914 bits per heavy atom. The molecule has 3 aromatic carbocycles. The number of non-ortho nitro benzene ring substituents is 1. The lowest BCUT2D eigenvalue weighted by molar-refractivity contribution is -0.387. The number of nitro groups is 2. The number of rotatable bonds is 9. The molecule has 0 fully saturated rings. The van der Waals surface area contributed by atoms with E-state index in [4.69, 9.17) is 0 Å². The van der Waals surface area contributed by atoms with Gasteiger partial charge in [-0.25, -0.2) is 13.8 Å². The summed E-state index contributed by atoms with van der Waals surface area (Å²) in [5.74, 6) is -0.808. The van der Waals surface area contributed by atoms with Gasteiger partial charge < -0.3 is 0 Å². The van der Waals surface area contributed by atoms with E-state index in [1.165, 1.54) is 48.5 Å². The largest absolute Gasteiger partial charge is 0.289 e. The number of nitrogens with zero attached hydrogens (tertiary/aromatic N) is 4. The molecule has 0 bridgehead atoms. The molecule has 13 heteroatoms. The Kier molecular flexibility index (Phi) is 7.51. The van der Waals surface area contributed by atoms with Crippen LogP contribution in [0.3, 0.4) is 0 Å². The first-order valence-electron chi connectivity index (χ1n) is 10.0. The molecule has 0 aliphatic carbocycles. The average molecular weight is 497 g/mol. The third-order valence-corrected chi connectivity index (χ3v) is 6.63. The highest BCUT2D eigenvalue weighted by atomic mass is 32.2. The maximum atomic E-state index is 13.4. The lowest BCUT2D eigenvalue weighted by Gasteiger charge is -2.23. The van der Waals surface area contributed by atoms with Crippen molar-refractivity contribution in [3.8, 4) is 0 Å². The summed E-state index contributed by atoms with van der Waals surface area (Å²) in [6.45, 7) is 0.843. The van der Waals surface area contributed by atoms with Gasteiger partial charge in [0.25, 0.3) is 27.3 Å². The van der Waals surface area contributed by atoms with Gasteiger partial charge in [-0.05, 0) is 42.8 Å². The van der Waals surface area contributed by atoms with Crippen molar-refractivity contribution in [1.82, 2.24) is 5.43 Å². The maximum absolute atomic E-state index is 13.4. The van der Waals surface area contributed by atoms with Crippen molar-refractivity contribution in [2.24, 2.45) is 5.10 Å². The summed E-state index contributed by atoms with van der Waals surface area (Å²) in [4.78, 5) is 32.9. The lowest BCUT2D eigenvalue weighted by Crippen LogP contribution is -2.40. The Hall–Kier alpha value is -4.65. The van der Waals surface area contributed by atoms with Gasteiger partial charge >= 0.3 is 0 Å². The van der Waals surface area contributed by atoms with Crippen molar-refractivity contribution in [2.75, 3.05) is 10.8 Å². The molecular formula is C22H19N5O7S. The van der Waals surface area contributed by atoms with Gasteiger partial charge in [-0.3, -0.25) is 29.3 Å². The zero-order valence-electron chi connectivity index (χ0n) is 18.3. The van der Waals surface area contributed by atoms with Crippen molar-refractivity contribution < 1.29 is 23.1 Å². The predicted octanol–water partition coefficient (Wildman–Crippen LogP) is 3.24. The fourth-order valence-electron chi connectivity index (χ4n) is 3.06. The number of para-hydroxylation sites is 2. The molecule has 0 heterocycles. The summed E-state index contributed by atoms with van der Waals surface area (Å²) >= 11 is 0. The Morgan fingerprint density at radius 3 is 2.11 bits per heavy atom. The van der Waals surface area contributed by atoms with Crippen LogP contribution in [-0.4, -0.2) is 36.4 Å². The number of carbonyl (C=O) groups is 1. The summed E-state index contributed by atoms with van der Waals surface area (Å²) in [6, 6.07) is 18.0. The van der Waals surface area contributed by atoms with Crippen LogP contribution in [0.1, 0.15) is 12.5 Å². The van der Waals surface area contributed by atoms with Crippen LogP contribution in [0.4, 0.5) is 17.1 Å². The molecule has 0 radical (unpaired) electrons. The fraction of sp³-hybridized carbons (Fsp3) is 0.0909. The van der Waals surface area contributed by atoms with Gasteiger partial charge in [0.1, 0.15) is 6.54 Å². The van der Waals surface area contributed by atoms with Crippen molar-refractivity contribution in [2.45, 2.75) is 11.8 Å². The number of hydrogen-bond donors (Lipinski definition) is 1. The molecule has 3 rings (SSSR count). The Morgan fingerprint density at radius 2 is 1.51 bits per heavy atom. The number of benzene rings is 3. The molecule has 0 saturated carbocycles. The number of anilines is 1. The number of nitrogens with one attached hydrogen (secondary N) is 1. The highest BCUT2D eigenvalue weighted by molar-refractivity contribution is 7.93. The van der Waals surface area contributed by atoms with Crippen LogP contribution in [0.25, 0.3) is 0 Å². The summed E-state index contributed by atoms with van der Waals surface area (Å²) in [5, 5.41) is 26.1. The molecule has 0 saturated heterocycles. The maximum Gasteiger partial charge on any atom is 0.289 e. The molecule has 0 atom stereocenters. The molecule has 0 unspecified atom stereocenters. The van der Waals surface area contributed by atoms with E-state index < -0.39 is 42.9 Å². The summed E-state index contributed by atoms with van der Waals surface area (Å²) in [6.07, 6.45) is 0. The van der Waals surface area contributed by atoms with Crippen molar-refractivity contribution in [3.63, 3.8) is 0 Å². The van der Waals surface area contributed by atoms with Gasteiger partial charge in [0, 0.05) is 18.2 Å². The van der Waals surface area contributed by atoms with Crippen LogP contribution >= 0.6 is 0 Å².